The molecular weight excluding hydrogens is 360 g/mol. The van der Waals surface area contributed by atoms with Crippen molar-refractivity contribution in [2.75, 3.05) is 32.8 Å². The molecule has 3 rings (SSSR count). The first kappa shape index (κ1) is 22.0. The molecular formula is C22H35ClN2O2. The average Bonchev–Trinajstić information content (AvgIpc) is 2.98. The molecule has 0 bridgehead atoms. The second kappa shape index (κ2) is 9.29. The zero-order valence-corrected chi connectivity index (χ0v) is 18.0. The highest BCUT2D eigenvalue weighted by molar-refractivity contribution is 5.87. The number of rotatable bonds is 5. The van der Waals surface area contributed by atoms with E-state index in [1.165, 1.54) is 0 Å². The molecule has 0 aromatic heterocycles. The quantitative estimate of drug-likeness (QED) is 0.823. The first-order valence-electron chi connectivity index (χ1n) is 10.1. The first-order chi connectivity index (χ1) is 12.4. The Hall–Kier alpha value is -1.26. The van der Waals surface area contributed by atoms with Crippen molar-refractivity contribution in [3.63, 3.8) is 0 Å². The molecule has 152 valence electrons. The summed E-state index contributed by atoms with van der Waals surface area (Å²) in [5.41, 5.74) is 0.555. The summed E-state index contributed by atoms with van der Waals surface area (Å²) < 4.78 is 5.77. The van der Waals surface area contributed by atoms with Crippen molar-refractivity contribution < 1.29 is 9.53 Å². The fourth-order valence-electron chi connectivity index (χ4n) is 4.17. The molecule has 0 saturated carbocycles. The lowest BCUT2D eigenvalue weighted by Gasteiger charge is -2.32. The van der Waals surface area contributed by atoms with E-state index in [1.807, 2.05) is 38.1 Å². The molecule has 0 radical (unpaired) electrons. The van der Waals surface area contributed by atoms with Crippen LogP contribution in [0.15, 0.2) is 24.3 Å². The largest absolute Gasteiger partial charge is 0.493 e. The van der Waals surface area contributed by atoms with E-state index in [9.17, 15) is 4.79 Å². The summed E-state index contributed by atoms with van der Waals surface area (Å²) in [5, 5.41) is 3.50. The number of hydrogen-bond acceptors (Lipinski definition) is 3. The Bertz CT molecular complexity index is 601. The number of amides is 1. The minimum Gasteiger partial charge on any atom is -0.493 e. The molecule has 1 N–H and O–H groups in total. The number of nitrogens with one attached hydrogen (secondary N) is 1. The fourth-order valence-corrected chi connectivity index (χ4v) is 4.17. The Labute approximate surface area is 170 Å². The van der Waals surface area contributed by atoms with Crippen molar-refractivity contribution in [2.45, 2.75) is 46.0 Å². The lowest BCUT2D eigenvalue weighted by Crippen LogP contribution is -2.44. The lowest BCUT2D eigenvalue weighted by atomic mass is 9.83. The third-order valence-corrected chi connectivity index (χ3v) is 6.00. The van der Waals surface area contributed by atoms with Gasteiger partial charge in [0.15, 0.2) is 0 Å². The number of nitrogens with zero attached hydrogens (tertiary/aromatic N) is 1. The molecule has 0 unspecified atom stereocenters. The van der Waals surface area contributed by atoms with Gasteiger partial charge in [0.1, 0.15) is 5.75 Å². The first-order valence-corrected chi connectivity index (χ1v) is 10.1. The number of benzene rings is 1. The van der Waals surface area contributed by atoms with Gasteiger partial charge >= 0.3 is 0 Å². The van der Waals surface area contributed by atoms with Crippen molar-refractivity contribution in [3.8, 4) is 5.75 Å². The summed E-state index contributed by atoms with van der Waals surface area (Å²) in [6, 6.07) is 8.07. The van der Waals surface area contributed by atoms with Crippen LogP contribution < -0.4 is 10.1 Å². The maximum atomic E-state index is 13.3. The summed E-state index contributed by atoms with van der Waals surface area (Å²) in [6.07, 6.45) is 2.25. The molecule has 5 heteroatoms. The highest BCUT2D eigenvalue weighted by Gasteiger charge is 2.37. The lowest BCUT2D eigenvalue weighted by molar-refractivity contribution is -0.136. The number of halogens is 1. The van der Waals surface area contributed by atoms with Gasteiger partial charge in [-0.25, -0.2) is 0 Å². The summed E-state index contributed by atoms with van der Waals surface area (Å²) in [5.74, 6) is 3.12. The molecule has 4 nitrogen and oxygen atoms in total. The summed E-state index contributed by atoms with van der Waals surface area (Å²) in [4.78, 5) is 15.4. The number of carbonyl (C=O) groups excluding carboxylic acids is 1. The summed E-state index contributed by atoms with van der Waals surface area (Å²) in [7, 11) is 0. The van der Waals surface area contributed by atoms with Gasteiger partial charge in [0, 0.05) is 13.1 Å². The van der Waals surface area contributed by atoms with Crippen LogP contribution in [-0.2, 0) is 10.2 Å². The Morgan fingerprint density at radius 2 is 1.70 bits per heavy atom. The van der Waals surface area contributed by atoms with E-state index < -0.39 is 5.41 Å². The van der Waals surface area contributed by atoms with Gasteiger partial charge in [-0.05, 0) is 75.2 Å². The van der Waals surface area contributed by atoms with E-state index in [4.69, 9.17) is 4.74 Å². The number of carbonyl (C=O) groups is 1. The second-order valence-corrected chi connectivity index (χ2v) is 8.90. The van der Waals surface area contributed by atoms with Crippen LogP contribution in [0.5, 0.6) is 5.75 Å². The van der Waals surface area contributed by atoms with Gasteiger partial charge < -0.3 is 15.0 Å². The van der Waals surface area contributed by atoms with Gasteiger partial charge in [-0.3, -0.25) is 4.79 Å². The van der Waals surface area contributed by atoms with Crippen molar-refractivity contribution in [1.82, 2.24) is 10.2 Å². The maximum Gasteiger partial charge on any atom is 0.232 e. The normalized spacial score (nSPS) is 22.8. The zero-order valence-electron chi connectivity index (χ0n) is 17.2. The molecule has 2 saturated heterocycles. The molecule has 0 spiro atoms. The van der Waals surface area contributed by atoms with E-state index in [0.717, 1.165) is 62.2 Å². The molecule has 2 aliphatic heterocycles. The van der Waals surface area contributed by atoms with Crippen LogP contribution in [0.25, 0.3) is 0 Å². The van der Waals surface area contributed by atoms with Crippen molar-refractivity contribution in [2.24, 2.45) is 17.8 Å². The molecule has 27 heavy (non-hydrogen) atoms. The summed E-state index contributed by atoms with van der Waals surface area (Å²) >= 11 is 0. The average molecular weight is 395 g/mol. The second-order valence-electron chi connectivity index (χ2n) is 8.90. The van der Waals surface area contributed by atoms with Gasteiger partial charge in [0.2, 0.25) is 5.91 Å². The number of fused-ring (bicyclic) bond motifs is 1. The molecule has 2 aliphatic rings. The van der Waals surface area contributed by atoms with Crippen LogP contribution in [0.1, 0.15) is 46.1 Å². The molecule has 2 atom stereocenters. The SMILES string of the molecule is CC(C)COc1ccc(C(C)(C)C(=O)N2CC[C@@H]3CNC[C@@H]3CC2)cc1.Cl. The van der Waals surface area contributed by atoms with Crippen LogP contribution in [0.4, 0.5) is 0 Å². The minimum absolute atomic E-state index is 0. The van der Waals surface area contributed by atoms with E-state index in [2.05, 4.69) is 24.1 Å². The van der Waals surface area contributed by atoms with E-state index in [1.54, 1.807) is 0 Å². The van der Waals surface area contributed by atoms with Crippen LogP contribution in [0, 0.1) is 17.8 Å². The number of likely N-dealkylation sites (tertiary alicyclic amines) is 1. The maximum absolute atomic E-state index is 13.3. The topological polar surface area (TPSA) is 41.6 Å². The highest BCUT2D eigenvalue weighted by Crippen LogP contribution is 2.31. The molecule has 2 fully saturated rings. The van der Waals surface area contributed by atoms with E-state index in [0.29, 0.717) is 12.5 Å². The smallest absolute Gasteiger partial charge is 0.232 e. The van der Waals surface area contributed by atoms with Crippen LogP contribution in [0.3, 0.4) is 0 Å². The zero-order chi connectivity index (χ0) is 18.7. The Morgan fingerprint density at radius 1 is 1.15 bits per heavy atom. The van der Waals surface area contributed by atoms with Crippen molar-refractivity contribution in [3.05, 3.63) is 29.8 Å². The van der Waals surface area contributed by atoms with Gasteiger partial charge in [-0.2, -0.15) is 0 Å². The van der Waals surface area contributed by atoms with Gasteiger partial charge in [0.05, 0.1) is 12.0 Å². The third kappa shape index (κ3) is 5.17. The van der Waals surface area contributed by atoms with Gasteiger partial charge in [0.25, 0.3) is 0 Å². The monoisotopic (exact) mass is 394 g/mol. The van der Waals surface area contributed by atoms with E-state index >= 15 is 0 Å². The van der Waals surface area contributed by atoms with E-state index in [-0.39, 0.29) is 18.3 Å². The Morgan fingerprint density at radius 3 is 2.22 bits per heavy atom. The molecule has 2 heterocycles. The van der Waals surface area contributed by atoms with Crippen molar-refractivity contribution >= 4 is 18.3 Å². The van der Waals surface area contributed by atoms with Crippen LogP contribution in [-0.4, -0.2) is 43.6 Å². The predicted molar refractivity (Wildman–Crippen MR) is 113 cm³/mol. The third-order valence-electron chi connectivity index (χ3n) is 6.00. The highest BCUT2D eigenvalue weighted by atomic mass is 35.5. The van der Waals surface area contributed by atoms with Crippen LogP contribution in [0.2, 0.25) is 0 Å². The molecule has 0 aliphatic carbocycles. The molecule has 1 aromatic rings. The molecule has 1 amide bonds. The van der Waals surface area contributed by atoms with Crippen molar-refractivity contribution in [1.29, 1.82) is 0 Å². The number of hydrogen-bond donors (Lipinski definition) is 1. The Balaban J connectivity index is 0.00000261. The Kier molecular flexibility index (Phi) is 7.58. The number of ether oxygens (including phenoxy) is 1. The van der Waals surface area contributed by atoms with Crippen LogP contribution >= 0.6 is 12.4 Å². The predicted octanol–water partition coefficient (Wildman–Crippen LogP) is 3.88. The minimum atomic E-state index is -0.506. The fraction of sp³-hybridized carbons (Fsp3) is 0.682. The standard InChI is InChI=1S/C22H34N2O2.ClH/c1-16(2)15-26-20-7-5-19(6-8-20)22(3,4)21(25)24-11-9-17-13-23-14-18(17)10-12-24;/h5-8,16-18,23H,9-15H2,1-4H3;1H/t17-,18+;. The summed E-state index contributed by atoms with van der Waals surface area (Å²) in [6.45, 7) is 13.1. The van der Waals surface area contributed by atoms with Gasteiger partial charge in [-0.1, -0.05) is 26.0 Å². The van der Waals surface area contributed by atoms with Gasteiger partial charge in [-0.15, -0.1) is 12.4 Å². The molecule has 1 aromatic carbocycles.